The van der Waals surface area contributed by atoms with Gasteiger partial charge in [-0.2, -0.15) is 0 Å². The normalized spacial score (nSPS) is 18.2. The van der Waals surface area contributed by atoms with E-state index in [1.807, 2.05) is 102 Å². The molecule has 4 aromatic carbocycles. The van der Waals surface area contributed by atoms with Crippen molar-refractivity contribution in [2.24, 2.45) is 0 Å². The summed E-state index contributed by atoms with van der Waals surface area (Å²) >= 11 is 0. The lowest BCUT2D eigenvalue weighted by atomic mass is 9.78. The lowest BCUT2D eigenvalue weighted by Crippen LogP contribution is -2.53. The summed E-state index contributed by atoms with van der Waals surface area (Å²) in [6, 6.07) is 29.9. The zero-order valence-electron chi connectivity index (χ0n) is 24.6. The van der Waals surface area contributed by atoms with Crippen molar-refractivity contribution < 1.29 is 23.8 Å². The van der Waals surface area contributed by atoms with Crippen LogP contribution in [0.2, 0.25) is 0 Å². The molecular weight excluding hydrogens is 542 g/mol. The second-order valence-corrected chi connectivity index (χ2v) is 10.6. The molecule has 2 amide bonds. The van der Waals surface area contributed by atoms with E-state index in [0.717, 1.165) is 22.6 Å². The highest BCUT2D eigenvalue weighted by Gasteiger charge is 2.46. The molecule has 0 saturated carbocycles. The number of hydrogen-bond acceptors (Lipinski definition) is 6. The highest BCUT2D eigenvalue weighted by molar-refractivity contribution is 6.11. The molecule has 0 aromatic heterocycles. The predicted molar refractivity (Wildman–Crippen MR) is 167 cm³/mol. The number of carbonyl (C=O) groups excluding carboxylic acids is 2. The van der Waals surface area contributed by atoms with E-state index in [-0.39, 0.29) is 11.8 Å². The lowest BCUT2D eigenvalue weighted by Gasteiger charge is -2.45. The minimum Gasteiger partial charge on any atom is -0.497 e. The molecule has 1 fully saturated rings. The Hall–Kier alpha value is -4.98. The number of fused-ring (bicyclic) bond motifs is 1. The Kier molecular flexibility index (Phi) is 7.92. The molecule has 1 saturated heterocycles. The van der Waals surface area contributed by atoms with E-state index in [1.165, 1.54) is 0 Å². The summed E-state index contributed by atoms with van der Waals surface area (Å²) in [5.41, 5.74) is 3.85. The summed E-state index contributed by atoms with van der Waals surface area (Å²) in [6.45, 7) is 2.46. The smallest absolute Gasteiger partial charge is 0.259 e. The maximum absolute atomic E-state index is 14.7. The van der Waals surface area contributed by atoms with E-state index >= 15 is 0 Å². The van der Waals surface area contributed by atoms with Crippen molar-refractivity contribution >= 4 is 23.2 Å². The van der Waals surface area contributed by atoms with E-state index < -0.39 is 12.0 Å². The number of hydrogen-bond donors (Lipinski definition) is 0. The fraction of sp³-hybridized carbons (Fsp3) is 0.257. The highest BCUT2D eigenvalue weighted by Crippen LogP contribution is 2.46. The predicted octanol–water partition coefficient (Wildman–Crippen LogP) is 5.55. The van der Waals surface area contributed by atoms with Crippen LogP contribution in [0.25, 0.3) is 0 Å². The Labute approximate surface area is 252 Å². The third-order valence-electron chi connectivity index (χ3n) is 8.43. The van der Waals surface area contributed by atoms with Crippen molar-refractivity contribution in [3.8, 4) is 17.2 Å². The minimum atomic E-state index is -0.609. The van der Waals surface area contributed by atoms with Crippen LogP contribution in [0.1, 0.15) is 33.4 Å². The van der Waals surface area contributed by atoms with E-state index in [4.69, 9.17) is 14.2 Å². The van der Waals surface area contributed by atoms with Gasteiger partial charge in [-0.1, -0.05) is 42.5 Å². The Balaban J connectivity index is 1.40. The second-order valence-electron chi connectivity index (χ2n) is 10.6. The van der Waals surface area contributed by atoms with Gasteiger partial charge >= 0.3 is 0 Å². The molecule has 6 rings (SSSR count). The first-order valence-corrected chi connectivity index (χ1v) is 14.4. The topological polar surface area (TPSA) is 71.6 Å². The maximum Gasteiger partial charge on any atom is 0.259 e. The molecule has 2 atom stereocenters. The van der Waals surface area contributed by atoms with Crippen molar-refractivity contribution in [3.63, 3.8) is 0 Å². The van der Waals surface area contributed by atoms with Crippen LogP contribution in [0, 0.1) is 0 Å². The van der Waals surface area contributed by atoms with E-state index in [1.54, 1.807) is 26.2 Å². The van der Waals surface area contributed by atoms with Crippen molar-refractivity contribution in [3.05, 3.63) is 114 Å². The molecule has 0 aliphatic carbocycles. The molecule has 8 nitrogen and oxygen atoms in total. The molecule has 0 bridgehead atoms. The van der Waals surface area contributed by atoms with Crippen LogP contribution in [0.3, 0.4) is 0 Å². The van der Waals surface area contributed by atoms with Gasteiger partial charge in [0.15, 0.2) is 0 Å². The Morgan fingerprint density at radius 2 is 1.30 bits per heavy atom. The van der Waals surface area contributed by atoms with E-state index in [9.17, 15) is 9.59 Å². The van der Waals surface area contributed by atoms with Crippen molar-refractivity contribution in [2.75, 3.05) is 57.3 Å². The summed E-state index contributed by atoms with van der Waals surface area (Å²) < 4.78 is 16.4. The summed E-state index contributed by atoms with van der Waals surface area (Å²) in [5.74, 6) is 1.46. The number of benzene rings is 4. The van der Waals surface area contributed by atoms with Crippen LogP contribution in [0.4, 0.5) is 11.4 Å². The first kappa shape index (κ1) is 28.2. The molecule has 0 spiro atoms. The van der Waals surface area contributed by atoms with Gasteiger partial charge in [0.05, 0.1) is 39.0 Å². The number of amides is 2. The zero-order chi connectivity index (χ0) is 29.9. The summed E-state index contributed by atoms with van der Waals surface area (Å²) in [7, 11) is 4.91. The van der Waals surface area contributed by atoms with Gasteiger partial charge < -0.3 is 24.0 Å². The molecule has 220 valence electrons. The van der Waals surface area contributed by atoms with Crippen LogP contribution in [-0.4, -0.2) is 64.2 Å². The fourth-order valence-corrected chi connectivity index (χ4v) is 6.23. The molecule has 4 aromatic rings. The van der Waals surface area contributed by atoms with Gasteiger partial charge in [0.1, 0.15) is 17.2 Å². The van der Waals surface area contributed by atoms with Crippen LogP contribution in [0.15, 0.2) is 97.1 Å². The van der Waals surface area contributed by atoms with Crippen molar-refractivity contribution in [2.45, 2.75) is 12.0 Å². The number of rotatable bonds is 7. The Morgan fingerprint density at radius 3 is 1.95 bits per heavy atom. The number of anilines is 2. The van der Waals surface area contributed by atoms with Gasteiger partial charge in [-0.3, -0.25) is 14.5 Å². The Morgan fingerprint density at radius 1 is 0.698 bits per heavy atom. The molecule has 8 heteroatoms. The largest absolute Gasteiger partial charge is 0.497 e. The Bertz CT molecular complexity index is 1600. The molecule has 2 heterocycles. The molecule has 0 unspecified atom stereocenters. The maximum atomic E-state index is 14.7. The highest BCUT2D eigenvalue weighted by atomic mass is 16.5. The molecule has 0 N–H and O–H groups in total. The molecule has 0 radical (unpaired) electrons. The average molecular weight is 578 g/mol. The van der Waals surface area contributed by atoms with Crippen LogP contribution < -0.4 is 24.0 Å². The quantitative estimate of drug-likeness (QED) is 0.287. The second kappa shape index (κ2) is 12.1. The van der Waals surface area contributed by atoms with Gasteiger partial charge in [0.25, 0.3) is 5.91 Å². The van der Waals surface area contributed by atoms with Gasteiger partial charge in [-0.25, -0.2) is 0 Å². The number of nitrogens with zero attached hydrogens (tertiary/aromatic N) is 3. The number of carbonyl (C=O) groups is 2. The minimum absolute atomic E-state index is 0.000966. The van der Waals surface area contributed by atoms with Crippen molar-refractivity contribution in [1.82, 2.24) is 4.90 Å². The van der Waals surface area contributed by atoms with Gasteiger partial charge in [0, 0.05) is 37.4 Å². The van der Waals surface area contributed by atoms with Gasteiger partial charge in [-0.15, -0.1) is 0 Å². The first-order valence-electron chi connectivity index (χ1n) is 14.4. The molecular formula is C35H35N3O5. The van der Waals surface area contributed by atoms with Gasteiger partial charge in [-0.05, 0) is 65.7 Å². The van der Waals surface area contributed by atoms with Crippen molar-refractivity contribution in [1.29, 1.82) is 0 Å². The van der Waals surface area contributed by atoms with Crippen LogP contribution in [-0.2, 0) is 4.79 Å². The molecule has 2 aliphatic heterocycles. The van der Waals surface area contributed by atoms with Crippen LogP contribution >= 0.6 is 0 Å². The fourth-order valence-electron chi connectivity index (χ4n) is 6.23. The standard InChI is InChI=1S/C35H35N3O5/c1-41-26-16-12-24(13-17-26)33-32(35(40)37-22-20-36(21-23-37)30-10-6-7-11-31(30)43-3)28-8-4-5-9-29(28)34(39)38(33)25-14-18-27(42-2)19-15-25/h4-19,32-33H,20-23H2,1-3H3/t32-,33-/m0/s1. The van der Waals surface area contributed by atoms with Crippen LogP contribution in [0.5, 0.6) is 17.2 Å². The number of ether oxygens (including phenoxy) is 3. The summed E-state index contributed by atoms with van der Waals surface area (Å²) in [6.07, 6.45) is 0. The average Bonchev–Trinajstić information content (AvgIpc) is 3.08. The number of methoxy groups -OCH3 is 3. The van der Waals surface area contributed by atoms with E-state index in [0.29, 0.717) is 48.9 Å². The third kappa shape index (κ3) is 5.25. The third-order valence-corrected chi connectivity index (χ3v) is 8.43. The first-order chi connectivity index (χ1) is 21.0. The molecule has 43 heavy (non-hydrogen) atoms. The number of para-hydroxylation sites is 2. The molecule has 2 aliphatic rings. The van der Waals surface area contributed by atoms with E-state index in [2.05, 4.69) is 4.90 Å². The summed E-state index contributed by atoms with van der Waals surface area (Å²) in [5, 5.41) is 0. The SMILES string of the molecule is COc1ccc([C@H]2[C@@H](C(=O)N3CCN(c4ccccc4OC)CC3)c3ccccc3C(=O)N2c2ccc(OC)cc2)cc1. The summed E-state index contributed by atoms with van der Waals surface area (Å²) in [4.78, 5) is 34.8. The van der Waals surface area contributed by atoms with Gasteiger partial charge in [0.2, 0.25) is 5.91 Å². The lowest BCUT2D eigenvalue weighted by molar-refractivity contribution is -0.133. The zero-order valence-corrected chi connectivity index (χ0v) is 24.6. The number of piperazine rings is 1. The monoisotopic (exact) mass is 577 g/mol.